The zero-order valence-corrected chi connectivity index (χ0v) is 10.1. The van der Waals surface area contributed by atoms with Gasteiger partial charge in [0.15, 0.2) is 5.90 Å². The molecule has 1 aromatic heterocycles. The Morgan fingerprint density at radius 2 is 2.27 bits per heavy atom. The summed E-state index contributed by atoms with van der Waals surface area (Å²) < 4.78 is 4.96. The van der Waals surface area contributed by atoms with Crippen LogP contribution in [0.5, 0.6) is 0 Å². The van der Waals surface area contributed by atoms with Gasteiger partial charge in [-0.2, -0.15) is 0 Å². The Morgan fingerprint density at radius 1 is 1.60 bits per heavy atom. The molecule has 1 heterocycles. The highest BCUT2D eigenvalue weighted by Gasteiger charge is 2.13. The van der Waals surface area contributed by atoms with Gasteiger partial charge in [-0.15, -0.1) is 11.3 Å². The molecule has 15 heavy (non-hydrogen) atoms. The number of carbonyl (C=O) groups excluding carboxylic acids is 1. The minimum absolute atomic E-state index is 0.123. The Labute approximate surface area is 93.0 Å². The molecule has 0 saturated heterocycles. The number of methoxy groups -OCH3 is 1. The second-order valence-electron chi connectivity index (χ2n) is 2.99. The van der Waals surface area contributed by atoms with Crippen molar-refractivity contribution in [1.82, 2.24) is 5.32 Å². The van der Waals surface area contributed by atoms with Crippen molar-refractivity contribution in [2.75, 3.05) is 14.2 Å². The SMILES string of the molecule is CNC(=O)c1cc(C)sc1N=C(C)OC. The normalized spacial score (nSPS) is 11.3. The summed E-state index contributed by atoms with van der Waals surface area (Å²) in [5.41, 5.74) is 0.594. The topological polar surface area (TPSA) is 50.7 Å². The van der Waals surface area contributed by atoms with Crippen molar-refractivity contribution in [2.24, 2.45) is 4.99 Å². The highest BCUT2D eigenvalue weighted by molar-refractivity contribution is 7.16. The molecule has 0 aromatic carbocycles. The number of thiophene rings is 1. The van der Waals surface area contributed by atoms with E-state index in [-0.39, 0.29) is 5.91 Å². The first-order valence-corrected chi connectivity index (χ1v) is 5.32. The highest BCUT2D eigenvalue weighted by Crippen LogP contribution is 2.30. The molecule has 1 aromatic rings. The number of nitrogens with one attached hydrogen (secondary N) is 1. The summed E-state index contributed by atoms with van der Waals surface area (Å²) in [4.78, 5) is 16.8. The summed E-state index contributed by atoms with van der Waals surface area (Å²) in [6.07, 6.45) is 0. The van der Waals surface area contributed by atoms with E-state index in [1.165, 1.54) is 11.3 Å². The van der Waals surface area contributed by atoms with Gasteiger partial charge in [0.05, 0.1) is 12.7 Å². The first-order chi connectivity index (χ1) is 7.08. The van der Waals surface area contributed by atoms with E-state index in [1.54, 1.807) is 21.1 Å². The zero-order chi connectivity index (χ0) is 11.4. The molecular formula is C10H14N2O2S. The monoisotopic (exact) mass is 226 g/mol. The number of hydrogen-bond donors (Lipinski definition) is 1. The number of aliphatic imine (C=N–C) groups is 1. The minimum Gasteiger partial charge on any atom is -0.484 e. The van der Waals surface area contributed by atoms with Gasteiger partial charge in [0.2, 0.25) is 0 Å². The van der Waals surface area contributed by atoms with Gasteiger partial charge in [0.1, 0.15) is 5.00 Å². The van der Waals surface area contributed by atoms with Gasteiger partial charge >= 0.3 is 0 Å². The maximum Gasteiger partial charge on any atom is 0.254 e. The van der Waals surface area contributed by atoms with Crippen molar-refractivity contribution < 1.29 is 9.53 Å². The zero-order valence-electron chi connectivity index (χ0n) is 9.25. The summed E-state index contributed by atoms with van der Waals surface area (Å²) in [6.45, 7) is 3.70. The predicted octanol–water partition coefficient (Wildman–Crippen LogP) is 2.11. The van der Waals surface area contributed by atoms with E-state index in [2.05, 4.69) is 10.3 Å². The molecule has 0 aliphatic heterocycles. The van der Waals surface area contributed by atoms with E-state index < -0.39 is 0 Å². The minimum atomic E-state index is -0.123. The molecule has 82 valence electrons. The van der Waals surface area contributed by atoms with Gasteiger partial charge in [0.25, 0.3) is 5.91 Å². The molecular weight excluding hydrogens is 212 g/mol. The van der Waals surface area contributed by atoms with Crippen molar-refractivity contribution >= 4 is 28.1 Å². The molecule has 0 radical (unpaired) electrons. The number of amides is 1. The van der Waals surface area contributed by atoms with Crippen LogP contribution in [0.2, 0.25) is 0 Å². The van der Waals surface area contributed by atoms with Crippen molar-refractivity contribution in [3.05, 3.63) is 16.5 Å². The van der Waals surface area contributed by atoms with Gasteiger partial charge in [-0.05, 0) is 13.0 Å². The largest absolute Gasteiger partial charge is 0.484 e. The number of carbonyl (C=O) groups is 1. The molecule has 0 atom stereocenters. The van der Waals surface area contributed by atoms with Crippen LogP contribution in [0, 0.1) is 6.92 Å². The Bertz CT molecular complexity index is 396. The molecule has 4 nitrogen and oxygen atoms in total. The van der Waals surface area contributed by atoms with E-state index in [1.807, 2.05) is 13.0 Å². The lowest BCUT2D eigenvalue weighted by Gasteiger charge is -1.99. The fourth-order valence-electron chi connectivity index (χ4n) is 1.07. The van der Waals surface area contributed by atoms with E-state index >= 15 is 0 Å². The highest BCUT2D eigenvalue weighted by atomic mass is 32.1. The van der Waals surface area contributed by atoms with Crippen LogP contribution < -0.4 is 5.32 Å². The van der Waals surface area contributed by atoms with E-state index in [9.17, 15) is 4.79 Å². The number of ether oxygens (including phenoxy) is 1. The lowest BCUT2D eigenvalue weighted by Crippen LogP contribution is -2.17. The molecule has 1 amide bonds. The molecule has 0 unspecified atom stereocenters. The molecule has 5 heteroatoms. The maximum absolute atomic E-state index is 11.5. The molecule has 0 saturated carbocycles. The van der Waals surface area contributed by atoms with Crippen LogP contribution in [-0.2, 0) is 4.74 Å². The fraction of sp³-hybridized carbons (Fsp3) is 0.400. The average Bonchev–Trinajstić information content (AvgIpc) is 2.58. The molecule has 1 N–H and O–H groups in total. The lowest BCUT2D eigenvalue weighted by atomic mass is 10.3. The van der Waals surface area contributed by atoms with Crippen LogP contribution in [0.25, 0.3) is 0 Å². The van der Waals surface area contributed by atoms with Crippen LogP contribution in [-0.4, -0.2) is 26.0 Å². The second-order valence-corrected chi connectivity index (χ2v) is 4.22. The van der Waals surface area contributed by atoms with Crippen LogP contribution >= 0.6 is 11.3 Å². The van der Waals surface area contributed by atoms with Gasteiger partial charge in [-0.25, -0.2) is 4.99 Å². The van der Waals surface area contributed by atoms with Crippen LogP contribution in [0.1, 0.15) is 22.2 Å². The summed E-state index contributed by atoms with van der Waals surface area (Å²) in [5, 5.41) is 3.27. The number of aryl methyl sites for hydroxylation is 1. The molecule has 0 aliphatic rings. The predicted molar refractivity (Wildman–Crippen MR) is 62.2 cm³/mol. The Hall–Kier alpha value is -1.36. The standard InChI is InChI=1S/C10H14N2O2S/c1-6-5-8(9(13)11-3)10(15-6)12-7(2)14-4/h5H,1-4H3,(H,11,13). The Morgan fingerprint density at radius 3 is 2.80 bits per heavy atom. The Balaban J connectivity index is 3.12. The van der Waals surface area contributed by atoms with Gasteiger partial charge in [0, 0.05) is 18.8 Å². The van der Waals surface area contributed by atoms with Crippen LogP contribution in [0.4, 0.5) is 5.00 Å². The van der Waals surface area contributed by atoms with Crippen molar-refractivity contribution in [3.8, 4) is 0 Å². The smallest absolute Gasteiger partial charge is 0.254 e. The van der Waals surface area contributed by atoms with E-state index in [0.717, 1.165) is 4.88 Å². The van der Waals surface area contributed by atoms with Crippen molar-refractivity contribution in [1.29, 1.82) is 0 Å². The number of nitrogens with zero attached hydrogens (tertiary/aromatic N) is 1. The quantitative estimate of drug-likeness (QED) is 0.620. The lowest BCUT2D eigenvalue weighted by molar-refractivity contribution is 0.0964. The van der Waals surface area contributed by atoms with Gasteiger partial charge in [-0.1, -0.05) is 0 Å². The summed E-state index contributed by atoms with van der Waals surface area (Å²) in [5.74, 6) is 0.420. The molecule has 0 spiro atoms. The third-order valence-electron chi connectivity index (χ3n) is 1.86. The maximum atomic E-state index is 11.5. The summed E-state index contributed by atoms with van der Waals surface area (Å²) >= 11 is 1.47. The second kappa shape index (κ2) is 4.93. The first kappa shape index (κ1) is 11.7. The third-order valence-corrected chi connectivity index (χ3v) is 2.81. The molecule has 0 aliphatic carbocycles. The van der Waals surface area contributed by atoms with Gasteiger partial charge < -0.3 is 10.1 Å². The van der Waals surface area contributed by atoms with Gasteiger partial charge in [-0.3, -0.25) is 4.79 Å². The molecule has 0 fully saturated rings. The molecule has 1 rings (SSSR count). The van der Waals surface area contributed by atoms with Crippen molar-refractivity contribution in [2.45, 2.75) is 13.8 Å². The fourth-order valence-corrected chi connectivity index (χ4v) is 1.99. The van der Waals surface area contributed by atoms with Crippen LogP contribution in [0.3, 0.4) is 0 Å². The Kier molecular flexibility index (Phi) is 3.85. The van der Waals surface area contributed by atoms with Crippen LogP contribution in [0.15, 0.2) is 11.1 Å². The van der Waals surface area contributed by atoms with Crippen molar-refractivity contribution in [3.63, 3.8) is 0 Å². The number of hydrogen-bond acceptors (Lipinski definition) is 4. The summed E-state index contributed by atoms with van der Waals surface area (Å²) in [6, 6.07) is 1.82. The van der Waals surface area contributed by atoms with E-state index in [0.29, 0.717) is 16.5 Å². The average molecular weight is 226 g/mol. The molecule has 0 bridgehead atoms. The number of rotatable bonds is 2. The summed E-state index contributed by atoms with van der Waals surface area (Å²) in [7, 11) is 3.16. The van der Waals surface area contributed by atoms with E-state index in [4.69, 9.17) is 4.74 Å². The first-order valence-electron chi connectivity index (χ1n) is 4.50. The third kappa shape index (κ3) is 2.79.